The van der Waals surface area contributed by atoms with E-state index in [2.05, 4.69) is 26.1 Å². The lowest BCUT2D eigenvalue weighted by Crippen LogP contribution is -2.36. The number of unbranched alkanes of at least 4 members (excludes halogenated alkanes) is 2. The minimum Gasteiger partial charge on any atom is -0.353 e. The van der Waals surface area contributed by atoms with E-state index in [0.29, 0.717) is 0 Å². The molecule has 19 heavy (non-hydrogen) atoms. The zero-order valence-electron chi connectivity index (χ0n) is 12.5. The summed E-state index contributed by atoms with van der Waals surface area (Å²) >= 11 is 0. The molecule has 0 heterocycles. The molecule has 0 spiro atoms. The predicted octanol–water partition coefficient (Wildman–Crippen LogP) is 4.27. The van der Waals surface area contributed by atoms with Crippen molar-refractivity contribution < 1.29 is 4.79 Å². The Morgan fingerprint density at radius 2 is 1.84 bits per heavy atom. The normalized spacial score (nSPS) is 13.8. The first-order valence-electron chi connectivity index (χ1n) is 7.54. The third-order valence-electron chi connectivity index (χ3n) is 3.56. The highest BCUT2D eigenvalue weighted by atomic mass is 16.1. The number of benzene rings is 1. The number of nitrogens with one attached hydrogen (secondary N) is 1. The molecule has 2 atom stereocenters. The van der Waals surface area contributed by atoms with Gasteiger partial charge in [-0.25, -0.2) is 0 Å². The quantitative estimate of drug-likeness (QED) is 0.696. The predicted molar refractivity (Wildman–Crippen MR) is 81.2 cm³/mol. The van der Waals surface area contributed by atoms with Crippen LogP contribution < -0.4 is 5.32 Å². The van der Waals surface area contributed by atoms with Crippen molar-refractivity contribution in [2.24, 2.45) is 0 Å². The van der Waals surface area contributed by atoms with E-state index < -0.39 is 0 Å². The van der Waals surface area contributed by atoms with Crippen LogP contribution in [-0.4, -0.2) is 11.9 Å². The fourth-order valence-corrected chi connectivity index (χ4v) is 2.37. The second-order valence-electron chi connectivity index (χ2n) is 5.28. The summed E-state index contributed by atoms with van der Waals surface area (Å²) < 4.78 is 0. The van der Waals surface area contributed by atoms with E-state index in [1.54, 1.807) is 0 Å². The van der Waals surface area contributed by atoms with Crippen molar-refractivity contribution >= 4 is 5.91 Å². The minimum absolute atomic E-state index is 0.0187. The van der Waals surface area contributed by atoms with Crippen molar-refractivity contribution in [1.29, 1.82) is 0 Å². The lowest BCUT2D eigenvalue weighted by atomic mass is 9.95. The van der Waals surface area contributed by atoms with Gasteiger partial charge in [0.25, 0.3) is 0 Å². The Bertz CT molecular complexity index is 361. The Morgan fingerprint density at radius 1 is 1.16 bits per heavy atom. The molecule has 0 saturated heterocycles. The van der Waals surface area contributed by atoms with E-state index in [1.807, 2.05) is 30.3 Å². The molecule has 2 heteroatoms. The smallest absolute Gasteiger partial charge is 0.227 e. The second kappa shape index (κ2) is 8.73. The summed E-state index contributed by atoms with van der Waals surface area (Å²) in [5.41, 5.74) is 1.11. The van der Waals surface area contributed by atoms with Crippen molar-refractivity contribution in [2.45, 2.75) is 64.8 Å². The van der Waals surface area contributed by atoms with Gasteiger partial charge >= 0.3 is 0 Å². The number of hydrogen-bond donors (Lipinski definition) is 1. The number of carbonyl (C=O) groups is 1. The van der Waals surface area contributed by atoms with Crippen LogP contribution in [0.5, 0.6) is 0 Å². The van der Waals surface area contributed by atoms with Crippen molar-refractivity contribution in [1.82, 2.24) is 5.32 Å². The van der Waals surface area contributed by atoms with Crippen molar-refractivity contribution in [3.63, 3.8) is 0 Å². The Morgan fingerprint density at radius 3 is 2.42 bits per heavy atom. The summed E-state index contributed by atoms with van der Waals surface area (Å²) in [6.07, 6.45) is 5.58. The Kier molecular flexibility index (Phi) is 7.24. The zero-order chi connectivity index (χ0) is 14.1. The van der Waals surface area contributed by atoms with Gasteiger partial charge in [0.05, 0.1) is 5.92 Å². The molecule has 0 radical (unpaired) electrons. The third kappa shape index (κ3) is 5.46. The van der Waals surface area contributed by atoms with E-state index in [0.717, 1.165) is 18.4 Å². The molecule has 0 bridgehead atoms. The standard InChI is InChI=1S/C17H27NO/c1-4-6-8-11-14(3)18-17(19)16(5-2)15-12-9-7-10-13-15/h7,9-10,12-14,16H,4-6,8,11H2,1-3H3,(H,18,19)/t14-,16-/m0/s1. The molecule has 0 aliphatic heterocycles. The topological polar surface area (TPSA) is 29.1 Å². The molecular weight excluding hydrogens is 234 g/mol. The molecule has 0 fully saturated rings. The lowest BCUT2D eigenvalue weighted by molar-refractivity contribution is -0.123. The van der Waals surface area contributed by atoms with E-state index >= 15 is 0 Å². The Hall–Kier alpha value is -1.31. The molecule has 106 valence electrons. The molecule has 0 aliphatic carbocycles. The zero-order valence-corrected chi connectivity index (χ0v) is 12.5. The average Bonchev–Trinajstić information content (AvgIpc) is 2.41. The summed E-state index contributed by atoms with van der Waals surface area (Å²) in [7, 11) is 0. The highest BCUT2D eigenvalue weighted by Gasteiger charge is 2.19. The van der Waals surface area contributed by atoms with Crippen LogP contribution >= 0.6 is 0 Å². The highest BCUT2D eigenvalue weighted by Crippen LogP contribution is 2.19. The van der Waals surface area contributed by atoms with E-state index in [1.165, 1.54) is 19.3 Å². The lowest BCUT2D eigenvalue weighted by Gasteiger charge is -2.19. The van der Waals surface area contributed by atoms with Gasteiger partial charge in [-0.2, -0.15) is 0 Å². The van der Waals surface area contributed by atoms with E-state index in [9.17, 15) is 4.79 Å². The van der Waals surface area contributed by atoms with Gasteiger partial charge in [0.1, 0.15) is 0 Å². The van der Waals surface area contributed by atoms with Gasteiger partial charge in [0.15, 0.2) is 0 Å². The second-order valence-corrected chi connectivity index (χ2v) is 5.28. The summed E-state index contributed by atoms with van der Waals surface area (Å²) in [5.74, 6) is 0.146. The molecule has 0 aliphatic rings. The van der Waals surface area contributed by atoms with Crippen molar-refractivity contribution in [3.05, 3.63) is 35.9 Å². The van der Waals surface area contributed by atoms with Crippen LogP contribution in [-0.2, 0) is 4.79 Å². The first-order chi connectivity index (χ1) is 9.19. The molecule has 1 amide bonds. The summed E-state index contributed by atoms with van der Waals surface area (Å²) in [6, 6.07) is 10.3. The maximum Gasteiger partial charge on any atom is 0.227 e. The maximum atomic E-state index is 12.3. The van der Waals surface area contributed by atoms with Crippen LogP contribution in [0.2, 0.25) is 0 Å². The largest absolute Gasteiger partial charge is 0.353 e. The Balaban J connectivity index is 2.50. The summed E-state index contributed by atoms with van der Waals surface area (Å²) in [5, 5.41) is 3.15. The highest BCUT2D eigenvalue weighted by molar-refractivity contribution is 5.83. The van der Waals surface area contributed by atoms with E-state index in [4.69, 9.17) is 0 Å². The van der Waals surface area contributed by atoms with Gasteiger partial charge in [-0.05, 0) is 25.3 Å². The first kappa shape index (κ1) is 15.7. The number of carbonyl (C=O) groups excluding carboxylic acids is 1. The number of rotatable bonds is 8. The van der Waals surface area contributed by atoms with Crippen molar-refractivity contribution in [2.75, 3.05) is 0 Å². The van der Waals surface area contributed by atoms with Crippen LogP contribution in [0.15, 0.2) is 30.3 Å². The molecule has 2 nitrogen and oxygen atoms in total. The van der Waals surface area contributed by atoms with Crippen LogP contribution in [0.1, 0.15) is 64.4 Å². The fourth-order valence-electron chi connectivity index (χ4n) is 2.37. The monoisotopic (exact) mass is 261 g/mol. The first-order valence-corrected chi connectivity index (χ1v) is 7.54. The molecule has 1 aromatic rings. The van der Waals surface area contributed by atoms with Crippen LogP contribution in [0, 0.1) is 0 Å². The van der Waals surface area contributed by atoms with Gasteiger partial charge in [-0.1, -0.05) is 63.4 Å². The maximum absolute atomic E-state index is 12.3. The molecular formula is C17H27NO. The third-order valence-corrected chi connectivity index (χ3v) is 3.56. The summed E-state index contributed by atoms with van der Waals surface area (Å²) in [6.45, 7) is 6.37. The Labute approximate surface area is 117 Å². The number of hydrogen-bond acceptors (Lipinski definition) is 1. The molecule has 1 aromatic carbocycles. The van der Waals surface area contributed by atoms with Gasteiger partial charge < -0.3 is 5.32 Å². The van der Waals surface area contributed by atoms with Crippen LogP contribution in [0.25, 0.3) is 0 Å². The van der Waals surface area contributed by atoms with Gasteiger partial charge in [0.2, 0.25) is 5.91 Å². The average molecular weight is 261 g/mol. The van der Waals surface area contributed by atoms with Gasteiger partial charge in [-0.3, -0.25) is 4.79 Å². The van der Waals surface area contributed by atoms with E-state index in [-0.39, 0.29) is 17.9 Å². The number of amides is 1. The summed E-state index contributed by atoms with van der Waals surface area (Å²) in [4.78, 5) is 12.3. The van der Waals surface area contributed by atoms with Crippen LogP contribution in [0.3, 0.4) is 0 Å². The minimum atomic E-state index is -0.0187. The van der Waals surface area contributed by atoms with Gasteiger partial charge in [0, 0.05) is 6.04 Å². The fraction of sp³-hybridized carbons (Fsp3) is 0.588. The molecule has 0 unspecified atom stereocenters. The van der Waals surface area contributed by atoms with Crippen LogP contribution in [0.4, 0.5) is 0 Å². The van der Waals surface area contributed by atoms with Gasteiger partial charge in [-0.15, -0.1) is 0 Å². The molecule has 0 saturated carbocycles. The molecule has 1 rings (SSSR count). The molecule has 0 aromatic heterocycles. The van der Waals surface area contributed by atoms with Crippen molar-refractivity contribution in [3.8, 4) is 0 Å². The SMILES string of the molecule is CCCCC[C@H](C)NC(=O)[C@@H](CC)c1ccccc1. The molecule has 1 N–H and O–H groups in total.